The van der Waals surface area contributed by atoms with Crippen LogP contribution in [0.3, 0.4) is 0 Å². The molecule has 0 fully saturated rings. The molecule has 0 radical (unpaired) electrons. The third-order valence-corrected chi connectivity index (χ3v) is 4.55. The fourth-order valence-corrected chi connectivity index (χ4v) is 3.14. The van der Waals surface area contributed by atoms with Gasteiger partial charge in [-0.25, -0.2) is 4.68 Å². The highest BCUT2D eigenvalue weighted by atomic mass is 16.6. The lowest BCUT2D eigenvalue weighted by molar-refractivity contribution is -0.384. The lowest BCUT2D eigenvalue weighted by atomic mass is 10.0. The molecule has 1 aliphatic rings. The Morgan fingerprint density at radius 2 is 1.86 bits per heavy atom. The van der Waals surface area contributed by atoms with Crippen LogP contribution in [0, 0.1) is 10.1 Å². The van der Waals surface area contributed by atoms with Gasteiger partial charge in [0, 0.05) is 17.8 Å². The van der Waals surface area contributed by atoms with Gasteiger partial charge in [0.25, 0.3) is 5.69 Å². The molecule has 28 heavy (non-hydrogen) atoms. The predicted molar refractivity (Wildman–Crippen MR) is 102 cm³/mol. The van der Waals surface area contributed by atoms with Gasteiger partial charge < -0.3 is 14.8 Å². The monoisotopic (exact) mass is 379 g/mol. The molecule has 0 amide bonds. The van der Waals surface area contributed by atoms with Crippen LogP contribution in [0.4, 0.5) is 11.6 Å². The minimum atomic E-state index is -0.421. The van der Waals surface area contributed by atoms with Crippen molar-refractivity contribution in [1.29, 1.82) is 0 Å². The Bertz CT molecular complexity index is 1060. The fourth-order valence-electron chi connectivity index (χ4n) is 3.14. The summed E-state index contributed by atoms with van der Waals surface area (Å²) in [6, 6.07) is 11.8. The Morgan fingerprint density at radius 1 is 1.11 bits per heavy atom. The summed E-state index contributed by atoms with van der Waals surface area (Å²) in [5.41, 5.74) is 2.57. The molecule has 4 rings (SSSR count). The van der Waals surface area contributed by atoms with E-state index in [0.717, 1.165) is 16.8 Å². The molecule has 0 spiro atoms. The van der Waals surface area contributed by atoms with Gasteiger partial charge >= 0.3 is 0 Å². The third kappa shape index (κ3) is 3.02. The van der Waals surface area contributed by atoms with Gasteiger partial charge in [0.05, 0.1) is 19.1 Å². The summed E-state index contributed by atoms with van der Waals surface area (Å²) >= 11 is 0. The van der Waals surface area contributed by atoms with Crippen molar-refractivity contribution in [3.8, 4) is 11.5 Å². The number of nitro groups is 1. The molecule has 1 atom stereocenters. The molecule has 0 saturated carbocycles. The van der Waals surface area contributed by atoms with E-state index in [1.807, 2.05) is 24.3 Å². The number of benzene rings is 2. The number of ether oxygens (including phenoxy) is 2. The van der Waals surface area contributed by atoms with Crippen LogP contribution >= 0.6 is 0 Å². The molecule has 3 aromatic rings. The molecule has 142 valence electrons. The van der Waals surface area contributed by atoms with Crippen LogP contribution in [0.15, 0.2) is 54.9 Å². The zero-order chi connectivity index (χ0) is 19.7. The van der Waals surface area contributed by atoms with E-state index in [4.69, 9.17) is 9.47 Å². The van der Waals surface area contributed by atoms with E-state index in [-0.39, 0.29) is 11.7 Å². The normalized spacial score (nSPS) is 15.2. The first kappa shape index (κ1) is 17.5. The number of nitrogens with one attached hydrogen (secondary N) is 1. The number of anilines is 1. The van der Waals surface area contributed by atoms with Crippen LogP contribution in [0.2, 0.25) is 0 Å². The number of allylic oxidation sites excluding steroid dienone is 1. The summed E-state index contributed by atoms with van der Waals surface area (Å²) in [5, 5.41) is 18.4. The standard InChI is InChI=1S/C19H17N5O4/c1-27-17-8-5-13(9-18(17)28-2)16-10-15(22-19-20-11-21-23(16)19)12-3-6-14(7-4-12)24(25)26/h3-11,16H,1-2H3,(H,20,21,22)/t16-/m0/s1. The molecule has 9 nitrogen and oxygen atoms in total. The van der Waals surface area contributed by atoms with E-state index < -0.39 is 4.92 Å². The molecule has 2 heterocycles. The molecule has 1 N–H and O–H groups in total. The zero-order valence-electron chi connectivity index (χ0n) is 15.2. The van der Waals surface area contributed by atoms with Gasteiger partial charge in [-0.15, -0.1) is 0 Å². The summed E-state index contributed by atoms with van der Waals surface area (Å²) in [4.78, 5) is 14.7. The SMILES string of the molecule is COc1ccc([C@@H]2C=C(c3ccc([N+](=O)[O-])cc3)Nc3ncnn32)cc1OC. The van der Waals surface area contributed by atoms with E-state index in [1.54, 1.807) is 31.0 Å². The quantitative estimate of drug-likeness (QED) is 0.536. The Kier molecular flexibility index (Phi) is 4.40. The zero-order valence-corrected chi connectivity index (χ0v) is 15.2. The number of aromatic nitrogens is 3. The van der Waals surface area contributed by atoms with Crippen LogP contribution in [0.1, 0.15) is 17.2 Å². The van der Waals surface area contributed by atoms with Crippen molar-refractivity contribution in [2.24, 2.45) is 0 Å². The molecular weight excluding hydrogens is 362 g/mol. The van der Waals surface area contributed by atoms with Crippen LogP contribution in [0.25, 0.3) is 5.70 Å². The third-order valence-electron chi connectivity index (χ3n) is 4.55. The summed E-state index contributed by atoms with van der Waals surface area (Å²) in [5.74, 6) is 1.83. The second kappa shape index (κ2) is 7.03. The van der Waals surface area contributed by atoms with Gasteiger partial charge in [0.2, 0.25) is 5.95 Å². The maximum atomic E-state index is 10.9. The van der Waals surface area contributed by atoms with Crippen molar-refractivity contribution in [2.45, 2.75) is 6.04 Å². The maximum absolute atomic E-state index is 10.9. The molecule has 2 aromatic carbocycles. The summed E-state index contributed by atoms with van der Waals surface area (Å²) < 4.78 is 12.5. The first-order chi connectivity index (χ1) is 13.6. The number of hydrogen-bond donors (Lipinski definition) is 1. The highest BCUT2D eigenvalue weighted by Crippen LogP contribution is 2.36. The van der Waals surface area contributed by atoms with E-state index in [9.17, 15) is 10.1 Å². The molecule has 0 aliphatic carbocycles. The Morgan fingerprint density at radius 3 is 2.54 bits per heavy atom. The fraction of sp³-hybridized carbons (Fsp3) is 0.158. The topological polar surface area (TPSA) is 104 Å². The first-order valence-electron chi connectivity index (χ1n) is 8.46. The summed E-state index contributed by atoms with van der Waals surface area (Å²) in [6.07, 6.45) is 3.47. The van der Waals surface area contributed by atoms with Crippen molar-refractivity contribution < 1.29 is 14.4 Å². The Labute approximate surface area is 160 Å². The lowest BCUT2D eigenvalue weighted by Gasteiger charge is -2.25. The van der Waals surface area contributed by atoms with E-state index >= 15 is 0 Å². The Balaban J connectivity index is 1.76. The van der Waals surface area contributed by atoms with Crippen molar-refractivity contribution in [3.05, 3.63) is 76.1 Å². The molecule has 0 unspecified atom stereocenters. The average Bonchev–Trinajstić information content (AvgIpc) is 3.21. The number of nitro benzene ring substituents is 1. The predicted octanol–water partition coefficient (Wildman–Crippen LogP) is 3.26. The number of hydrogen-bond acceptors (Lipinski definition) is 7. The van der Waals surface area contributed by atoms with Crippen molar-refractivity contribution in [1.82, 2.24) is 14.8 Å². The first-order valence-corrected chi connectivity index (χ1v) is 8.46. The average molecular weight is 379 g/mol. The second-order valence-electron chi connectivity index (χ2n) is 6.10. The summed E-state index contributed by atoms with van der Waals surface area (Å²) in [6.45, 7) is 0. The summed E-state index contributed by atoms with van der Waals surface area (Å²) in [7, 11) is 3.17. The number of methoxy groups -OCH3 is 2. The molecule has 9 heteroatoms. The van der Waals surface area contributed by atoms with Crippen LogP contribution in [-0.4, -0.2) is 33.9 Å². The minimum Gasteiger partial charge on any atom is -0.493 e. The van der Waals surface area contributed by atoms with E-state index in [0.29, 0.717) is 17.4 Å². The maximum Gasteiger partial charge on any atom is 0.269 e. The minimum absolute atomic E-state index is 0.0415. The Hall–Kier alpha value is -3.88. The van der Waals surface area contributed by atoms with Crippen molar-refractivity contribution in [3.63, 3.8) is 0 Å². The number of rotatable bonds is 5. The number of non-ortho nitro benzene ring substituents is 1. The number of nitrogens with zero attached hydrogens (tertiary/aromatic N) is 4. The smallest absolute Gasteiger partial charge is 0.269 e. The molecule has 1 aromatic heterocycles. The van der Waals surface area contributed by atoms with Crippen LogP contribution < -0.4 is 14.8 Å². The van der Waals surface area contributed by atoms with Crippen molar-refractivity contribution in [2.75, 3.05) is 19.5 Å². The van der Waals surface area contributed by atoms with Gasteiger partial charge in [-0.1, -0.05) is 6.07 Å². The van der Waals surface area contributed by atoms with E-state index in [1.165, 1.54) is 18.5 Å². The van der Waals surface area contributed by atoms with E-state index in [2.05, 4.69) is 15.4 Å². The van der Waals surface area contributed by atoms with Crippen LogP contribution in [-0.2, 0) is 0 Å². The van der Waals surface area contributed by atoms with Gasteiger partial charge in [-0.3, -0.25) is 10.1 Å². The second-order valence-corrected chi connectivity index (χ2v) is 6.10. The molecular formula is C19H17N5O4. The highest BCUT2D eigenvalue weighted by molar-refractivity contribution is 5.77. The highest BCUT2D eigenvalue weighted by Gasteiger charge is 2.24. The molecule has 1 aliphatic heterocycles. The van der Waals surface area contributed by atoms with Gasteiger partial charge in [0.15, 0.2) is 11.5 Å². The molecule has 0 saturated heterocycles. The lowest BCUT2D eigenvalue weighted by Crippen LogP contribution is -2.20. The van der Waals surface area contributed by atoms with Gasteiger partial charge in [-0.2, -0.15) is 10.1 Å². The molecule has 0 bridgehead atoms. The van der Waals surface area contributed by atoms with Crippen molar-refractivity contribution >= 4 is 17.3 Å². The van der Waals surface area contributed by atoms with Gasteiger partial charge in [0.1, 0.15) is 12.4 Å². The van der Waals surface area contributed by atoms with Gasteiger partial charge in [-0.05, 0) is 41.5 Å². The number of fused-ring (bicyclic) bond motifs is 1. The van der Waals surface area contributed by atoms with Crippen LogP contribution in [0.5, 0.6) is 11.5 Å². The largest absolute Gasteiger partial charge is 0.493 e.